The molecule has 31 heavy (non-hydrogen) atoms. The molecule has 7 nitrogen and oxygen atoms in total. The normalized spacial score (nSPS) is 10.4. The van der Waals surface area contributed by atoms with Crippen molar-refractivity contribution in [2.75, 3.05) is 25.5 Å². The van der Waals surface area contributed by atoms with Gasteiger partial charge in [0.05, 0.1) is 12.7 Å². The number of pyridine rings is 1. The van der Waals surface area contributed by atoms with E-state index in [4.69, 9.17) is 4.74 Å². The third-order valence-corrected chi connectivity index (χ3v) is 4.61. The number of carbonyl (C=O) groups is 2. The molecule has 0 spiro atoms. The van der Waals surface area contributed by atoms with Crippen LogP contribution < -0.4 is 10.1 Å². The Hall–Kier alpha value is -3.94. The topological polar surface area (TPSA) is 91.8 Å². The van der Waals surface area contributed by atoms with Gasteiger partial charge in [0.25, 0.3) is 5.91 Å². The molecule has 3 rings (SSSR count). The average Bonchev–Trinajstić information content (AvgIpc) is 2.78. The third-order valence-electron chi connectivity index (χ3n) is 4.61. The Morgan fingerprint density at radius 3 is 2.52 bits per heavy atom. The maximum absolute atomic E-state index is 13.9. The monoisotopic (exact) mass is 423 g/mol. The van der Waals surface area contributed by atoms with Gasteiger partial charge < -0.3 is 20.1 Å². The van der Waals surface area contributed by atoms with Crippen LogP contribution in [0.3, 0.4) is 0 Å². The van der Waals surface area contributed by atoms with Crippen molar-refractivity contribution in [2.45, 2.75) is 6.42 Å². The predicted molar refractivity (Wildman–Crippen MR) is 114 cm³/mol. The van der Waals surface area contributed by atoms with Gasteiger partial charge in [-0.15, -0.1) is 0 Å². The fraction of sp³-hybridized carbons (Fsp3) is 0.174. The van der Waals surface area contributed by atoms with E-state index in [1.165, 1.54) is 17.2 Å². The number of methoxy groups -OCH3 is 1. The first-order valence-corrected chi connectivity index (χ1v) is 9.58. The molecular weight excluding hydrogens is 401 g/mol. The summed E-state index contributed by atoms with van der Waals surface area (Å²) >= 11 is 0. The summed E-state index contributed by atoms with van der Waals surface area (Å²) in [6.07, 6.45) is 1.72. The summed E-state index contributed by atoms with van der Waals surface area (Å²) in [5.74, 6) is -1.09. The van der Waals surface area contributed by atoms with Gasteiger partial charge in [0.15, 0.2) is 0 Å². The summed E-state index contributed by atoms with van der Waals surface area (Å²) in [4.78, 5) is 29.9. The highest BCUT2D eigenvalue weighted by molar-refractivity contribution is 6.00. The largest absolute Gasteiger partial charge is 0.497 e. The number of halogens is 1. The Kier molecular flexibility index (Phi) is 7.16. The molecule has 0 bridgehead atoms. The van der Waals surface area contributed by atoms with E-state index in [1.54, 1.807) is 61.7 Å². The molecule has 0 aliphatic rings. The molecule has 0 aliphatic heterocycles. The summed E-state index contributed by atoms with van der Waals surface area (Å²) in [6.45, 7) is -0.465. The van der Waals surface area contributed by atoms with Crippen molar-refractivity contribution in [1.82, 2.24) is 9.88 Å². The van der Waals surface area contributed by atoms with Crippen LogP contribution >= 0.6 is 0 Å². The first kappa shape index (κ1) is 21.8. The Labute approximate surface area is 179 Å². The first-order valence-electron chi connectivity index (χ1n) is 9.58. The second-order valence-electron chi connectivity index (χ2n) is 6.71. The second kappa shape index (κ2) is 10.2. The number of carbonyl (C=O) groups excluding carboxylic acids is 1. The van der Waals surface area contributed by atoms with Gasteiger partial charge in [-0.2, -0.15) is 0 Å². The second-order valence-corrected chi connectivity index (χ2v) is 6.71. The van der Waals surface area contributed by atoms with Crippen molar-refractivity contribution >= 4 is 23.4 Å². The number of aliphatic carboxylic acids is 1. The number of nitrogens with zero attached hydrogens (tertiary/aromatic N) is 2. The minimum Gasteiger partial charge on any atom is -0.497 e. The minimum absolute atomic E-state index is 0.0446. The molecule has 0 saturated carbocycles. The number of ether oxygens (including phenoxy) is 1. The minimum atomic E-state index is -1.16. The Bertz CT molecular complexity index is 1060. The first-order chi connectivity index (χ1) is 15.0. The molecule has 8 heteroatoms. The standard InChI is InChI=1S/C23H22FN3O4/c1-31-18-10-8-17(9-11-18)26-22-19(6-4-13-25-22)23(30)27(15-21(28)29)14-12-16-5-2-3-7-20(16)24/h2-11,13H,12,14-15H2,1H3,(H,25,26)(H,28,29). The number of nitrogens with one attached hydrogen (secondary N) is 1. The number of anilines is 2. The van der Waals surface area contributed by atoms with Gasteiger partial charge in [-0.25, -0.2) is 9.37 Å². The van der Waals surface area contributed by atoms with E-state index in [0.29, 0.717) is 22.8 Å². The highest BCUT2D eigenvalue weighted by atomic mass is 19.1. The van der Waals surface area contributed by atoms with Gasteiger partial charge in [-0.1, -0.05) is 18.2 Å². The van der Waals surface area contributed by atoms with E-state index >= 15 is 0 Å². The number of amides is 1. The third kappa shape index (κ3) is 5.79. The van der Waals surface area contributed by atoms with Crippen LogP contribution in [0.15, 0.2) is 66.9 Å². The molecule has 2 aromatic carbocycles. The van der Waals surface area contributed by atoms with E-state index in [9.17, 15) is 19.1 Å². The number of rotatable bonds is 9. The Morgan fingerprint density at radius 2 is 1.84 bits per heavy atom. The van der Waals surface area contributed by atoms with Crippen molar-refractivity contribution in [3.63, 3.8) is 0 Å². The molecule has 1 aromatic heterocycles. The van der Waals surface area contributed by atoms with Gasteiger partial charge in [-0.3, -0.25) is 9.59 Å². The van der Waals surface area contributed by atoms with E-state index in [1.807, 2.05) is 0 Å². The summed E-state index contributed by atoms with van der Waals surface area (Å²) in [7, 11) is 1.57. The molecule has 160 valence electrons. The van der Waals surface area contributed by atoms with Crippen LogP contribution in [0.5, 0.6) is 5.75 Å². The highest BCUT2D eigenvalue weighted by Crippen LogP contribution is 2.22. The van der Waals surface area contributed by atoms with Crippen LogP contribution in [-0.4, -0.2) is 47.1 Å². The maximum atomic E-state index is 13.9. The van der Waals surface area contributed by atoms with Gasteiger partial charge in [0.2, 0.25) is 0 Å². The van der Waals surface area contributed by atoms with Crippen LogP contribution in [0.2, 0.25) is 0 Å². The van der Waals surface area contributed by atoms with Crippen molar-refractivity contribution in [2.24, 2.45) is 0 Å². The van der Waals surface area contributed by atoms with Crippen molar-refractivity contribution in [1.29, 1.82) is 0 Å². The molecular formula is C23H22FN3O4. The van der Waals surface area contributed by atoms with Crippen LogP contribution in [0.1, 0.15) is 15.9 Å². The zero-order valence-corrected chi connectivity index (χ0v) is 16.9. The zero-order valence-electron chi connectivity index (χ0n) is 16.9. The molecule has 2 N–H and O–H groups in total. The lowest BCUT2D eigenvalue weighted by molar-refractivity contribution is -0.137. The fourth-order valence-corrected chi connectivity index (χ4v) is 3.03. The van der Waals surface area contributed by atoms with E-state index in [2.05, 4.69) is 10.3 Å². The van der Waals surface area contributed by atoms with Gasteiger partial charge in [0.1, 0.15) is 23.9 Å². The molecule has 0 unspecified atom stereocenters. The molecule has 0 saturated heterocycles. The van der Waals surface area contributed by atoms with E-state index < -0.39 is 24.2 Å². The lowest BCUT2D eigenvalue weighted by Gasteiger charge is -2.22. The van der Waals surface area contributed by atoms with Crippen molar-refractivity contribution in [3.05, 3.63) is 83.8 Å². The maximum Gasteiger partial charge on any atom is 0.323 e. The SMILES string of the molecule is COc1ccc(Nc2ncccc2C(=O)N(CCc2ccccc2F)CC(=O)O)cc1. The quantitative estimate of drug-likeness (QED) is 0.545. The molecule has 1 amide bonds. The number of hydrogen-bond acceptors (Lipinski definition) is 5. The molecule has 3 aromatic rings. The lowest BCUT2D eigenvalue weighted by Crippen LogP contribution is -2.37. The zero-order chi connectivity index (χ0) is 22.2. The number of hydrogen-bond donors (Lipinski definition) is 2. The number of carboxylic acids is 1. The molecule has 0 radical (unpaired) electrons. The predicted octanol–water partition coefficient (Wildman–Crippen LogP) is 3.74. The Balaban J connectivity index is 1.81. The molecule has 0 atom stereocenters. The summed E-state index contributed by atoms with van der Waals surface area (Å²) in [5.41, 5.74) is 1.31. The Morgan fingerprint density at radius 1 is 1.10 bits per heavy atom. The smallest absolute Gasteiger partial charge is 0.323 e. The average molecular weight is 423 g/mol. The molecule has 1 heterocycles. The van der Waals surface area contributed by atoms with Crippen LogP contribution in [0.4, 0.5) is 15.9 Å². The summed E-state index contributed by atoms with van der Waals surface area (Å²) in [6, 6.07) is 16.4. The van der Waals surface area contributed by atoms with Crippen molar-refractivity contribution < 1.29 is 23.8 Å². The van der Waals surface area contributed by atoms with Crippen LogP contribution in [0.25, 0.3) is 0 Å². The van der Waals surface area contributed by atoms with Gasteiger partial charge >= 0.3 is 5.97 Å². The summed E-state index contributed by atoms with van der Waals surface area (Å²) < 4.78 is 19.1. The van der Waals surface area contributed by atoms with Crippen molar-refractivity contribution in [3.8, 4) is 5.75 Å². The number of carboxylic acid groups (broad SMARTS) is 1. The molecule has 0 fully saturated rings. The lowest BCUT2D eigenvalue weighted by atomic mass is 10.1. The molecule has 0 aliphatic carbocycles. The number of aromatic nitrogens is 1. The van der Waals surface area contributed by atoms with E-state index in [0.717, 1.165) is 0 Å². The highest BCUT2D eigenvalue weighted by Gasteiger charge is 2.22. The van der Waals surface area contributed by atoms with E-state index in [-0.39, 0.29) is 18.5 Å². The van der Waals surface area contributed by atoms with Crippen LogP contribution in [-0.2, 0) is 11.2 Å². The van der Waals surface area contributed by atoms with Gasteiger partial charge in [-0.05, 0) is 54.4 Å². The fourth-order valence-electron chi connectivity index (χ4n) is 3.03. The van der Waals surface area contributed by atoms with Crippen LogP contribution in [0, 0.1) is 5.82 Å². The number of benzene rings is 2. The summed E-state index contributed by atoms with van der Waals surface area (Å²) in [5, 5.41) is 12.3. The van der Waals surface area contributed by atoms with Gasteiger partial charge in [0, 0.05) is 18.4 Å².